The number of amides is 1. The number of carbonyl (C=O) groups is 1. The number of hydrogen-bond donors (Lipinski definition) is 0. The van der Waals surface area contributed by atoms with Crippen LogP contribution in [0.2, 0.25) is 0 Å². The minimum Gasteiger partial charge on any atom is -0.342 e. The van der Waals surface area contributed by atoms with E-state index >= 15 is 0 Å². The number of nitrogens with zero attached hydrogens (tertiary/aromatic N) is 3. The van der Waals surface area contributed by atoms with Crippen LogP contribution in [0, 0.1) is 6.07 Å². The zero-order chi connectivity index (χ0) is 18.6. The monoisotopic (exact) mass is 362 g/mol. The molecule has 141 valence electrons. The Labute approximate surface area is 161 Å². The van der Waals surface area contributed by atoms with E-state index in [1.165, 1.54) is 42.4 Å². The highest BCUT2D eigenvalue weighted by Crippen LogP contribution is 2.32. The molecule has 1 radical (unpaired) electrons. The largest absolute Gasteiger partial charge is 0.342 e. The van der Waals surface area contributed by atoms with Crippen molar-refractivity contribution in [3.63, 3.8) is 0 Å². The Balaban J connectivity index is 1.36. The van der Waals surface area contributed by atoms with Gasteiger partial charge in [-0.3, -0.25) is 4.79 Å². The zero-order valence-corrected chi connectivity index (χ0v) is 16.2. The molecule has 1 amide bonds. The second-order valence-corrected chi connectivity index (χ2v) is 7.87. The lowest BCUT2D eigenvalue weighted by atomic mass is 9.86. The number of likely N-dealkylation sites (tertiary alicyclic amines) is 1. The molecule has 0 atom stereocenters. The molecule has 1 aliphatic carbocycles. The maximum Gasteiger partial charge on any atom is 0.228 e. The highest BCUT2D eigenvalue weighted by Gasteiger charge is 2.24. The predicted molar refractivity (Wildman–Crippen MR) is 107 cm³/mol. The van der Waals surface area contributed by atoms with Crippen LogP contribution in [-0.2, 0) is 18.3 Å². The minimum absolute atomic E-state index is 0.196. The Bertz CT molecular complexity index is 828. The van der Waals surface area contributed by atoms with Gasteiger partial charge >= 0.3 is 0 Å². The van der Waals surface area contributed by atoms with Crippen molar-refractivity contribution in [2.75, 3.05) is 13.1 Å². The normalized spacial score (nSPS) is 18.4. The van der Waals surface area contributed by atoms with Crippen LogP contribution in [0.1, 0.15) is 61.3 Å². The molecule has 2 heterocycles. The first-order chi connectivity index (χ1) is 13.2. The van der Waals surface area contributed by atoms with Crippen molar-refractivity contribution in [2.24, 2.45) is 7.05 Å². The number of piperidine rings is 1. The fourth-order valence-electron chi connectivity index (χ4n) is 4.29. The van der Waals surface area contributed by atoms with Gasteiger partial charge in [-0.1, -0.05) is 24.3 Å². The van der Waals surface area contributed by atoms with E-state index in [1.54, 1.807) is 6.33 Å². The van der Waals surface area contributed by atoms with Gasteiger partial charge in [-0.15, -0.1) is 0 Å². The third kappa shape index (κ3) is 4.32. The first-order valence-electron chi connectivity index (χ1n) is 10.1. The summed E-state index contributed by atoms with van der Waals surface area (Å²) in [6.07, 6.45) is 13.5. The van der Waals surface area contributed by atoms with Crippen LogP contribution in [0.3, 0.4) is 0 Å². The van der Waals surface area contributed by atoms with Gasteiger partial charge in [-0.2, -0.15) is 0 Å². The lowest BCUT2D eigenvalue weighted by molar-refractivity contribution is -0.131. The molecule has 0 N–H and O–H groups in total. The highest BCUT2D eigenvalue weighted by atomic mass is 16.2. The Morgan fingerprint density at radius 1 is 1.30 bits per heavy atom. The number of hydrogen-bond acceptors (Lipinski definition) is 2. The Morgan fingerprint density at radius 3 is 2.85 bits per heavy atom. The second kappa shape index (κ2) is 8.12. The number of allylic oxidation sites excluding steroid dienone is 2. The summed E-state index contributed by atoms with van der Waals surface area (Å²) in [6.45, 7) is 1.68. The van der Waals surface area contributed by atoms with Crippen LogP contribution in [0.25, 0.3) is 5.57 Å². The summed E-state index contributed by atoms with van der Waals surface area (Å²) in [4.78, 5) is 18.8. The molecule has 1 aromatic heterocycles. The fourth-order valence-corrected chi connectivity index (χ4v) is 4.29. The van der Waals surface area contributed by atoms with E-state index in [0.29, 0.717) is 12.3 Å². The topological polar surface area (TPSA) is 38.1 Å². The quantitative estimate of drug-likeness (QED) is 0.820. The third-order valence-corrected chi connectivity index (χ3v) is 5.87. The number of carbonyl (C=O) groups excluding carboxylic acids is 1. The third-order valence-electron chi connectivity index (χ3n) is 5.87. The van der Waals surface area contributed by atoms with Crippen molar-refractivity contribution in [1.29, 1.82) is 0 Å². The molecule has 4 nitrogen and oxygen atoms in total. The summed E-state index contributed by atoms with van der Waals surface area (Å²) in [5.41, 5.74) is 5.01. The smallest absolute Gasteiger partial charge is 0.228 e. The van der Waals surface area contributed by atoms with Crippen LogP contribution >= 0.6 is 0 Å². The number of rotatable bonds is 4. The van der Waals surface area contributed by atoms with Gasteiger partial charge in [0.15, 0.2) is 0 Å². The van der Waals surface area contributed by atoms with Crippen molar-refractivity contribution >= 4 is 11.5 Å². The molecule has 0 unspecified atom stereocenters. The molecule has 2 aliphatic rings. The number of benzene rings is 1. The molecule has 1 saturated heterocycles. The molecule has 1 aliphatic heterocycles. The van der Waals surface area contributed by atoms with E-state index < -0.39 is 0 Å². The lowest BCUT2D eigenvalue weighted by Crippen LogP contribution is -2.38. The molecule has 4 heteroatoms. The van der Waals surface area contributed by atoms with E-state index in [1.807, 2.05) is 22.7 Å². The maximum absolute atomic E-state index is 12.5. The van der Waals surface area contributed by atoms with Gasteiger partial charge in [0.1, 0.15) is 0 Å². The van der Waals surface area contributed by atoms with Crippen LogP contribution in [0.15, 0.2) is 36.8 Å². The van der Waals surface area contributed by atoms with Crippen molar-refractivity contribution in [1.82, 2.24) is 14.5 Å². The summed E-state index contributed by atoms with van der Waals surface area (Å²) in [6, 6.07) is 10.1. The summed E-state index contributed by atoms with van der Waals surface area (Å²) >= 11 is 0. The first kappa shape index (κ1) is 18.0. The lowest BCUT2D eigenvalue weighted by Gasteiger charge is -2.32. The summed E-state index contributed by atoms with van der Waals surface area (Å²) in [5, 5.41) is 0. The van der Waals surface area contributed by atoms with Gasteiger partial charge in [0.25, 0.3) is 0 Å². The molecule has 27 heavy (non-hydrogen) atoms. The Hall–Kier alpha value is -2.36. The van der Waals surface area contributed by atoms with E-state index in [-0.39, 0.29) is 5.91 Å². The van der Waals surface area contributed by atoms with Crippen LogP contribution < -0.4 is 0 Å². The molecular weight excluding hydrogens is 334 g/mol. The average Bonchev–Trinajstić information content (AvgIpc) is 3.13. The summed E-state index contributed by atoms with van der Waals surface area (Å²) in [5.74, 6) is 0.739. The van der Waals surface area contributed by atoms with Gasteiger partial charge in [-0.25, -0.2) is 4.98 Å². The second-order valence-electron chi connectivity index (χ2n) is 7.87. The van der Waals surface area contributed by atoms with Crippen LogP contribution in [0.4, 0.5) is 0 Å². The van der Waals surface area contributed by atoms with Gasteiger partial charge in [0.05, 0.1) is 18.4 Å². The molecule has 1 fully saturated rings. The number of aromatic nitrogens is 2. The molecule has 0 spiro atoms. The zero-order valence-electron chi connectivity index (χ0n) is 16.2. The van der Waals surface area contributed by atoms with Crippen molar-refractivity contribution in [3.05, 3.63) is 59.7 Å². The molecule has 1 aromatic carbocycles. The molecule has 0 bridgehead atoms. The average molecular weight is 362 g/mol. The van der Waals surface area contributed by atoms with E-state index in [4.69, 9.17) is 0 Å². The van der Waals surface area contributed by atoms with Gasteiger partial charge in [0.2, 0.25) is 5.91 Å². The molecule has 0 saturated carbocycles. The SMILES string of the molecule is Cn1cnc(CC(=O)N2CCC(c3cc[c]c(C4=CCCCC4)c3)CC2)c1. The fraction of sp³-hybridized carbons (Fsp3) is 0.478. The number of aryl methyl sites for hydroxylation is 1. The minimum atomic E-state index is 0.196. The first-order valence-corrected chi connectivity index (χ1v) is 10.1. The van der Waals surface area contributed by atoms with E-state index in [9.17, 15) is 4.79 Å². The van der Waals surface area contributed by atoms with E-state index in [0.717, 1.165) is 31.6 Å². The van der Waals surface area contributed by atoms with Gasteiger partial charge in [-0.05, 0) is 67.2 Å². The van der Waals surface area contributed by atoms with E-state index in [2.05, 4.69) is 35.3 Å². The van der Waals surface area contributed by atoms with Gasteiger partial charge < -0.3 is 9.47 Å². The Kier molecular flexibility index (Phi) is 5.42. The molecule has 4 rings (SSSR count). The molecular formula is C23H28N3O. The van der Waals surface area contributed by atoms with Crippen molar-refractivity contribution < 1.29 is 4.79 Å². The van der Waals surface area contributed by atoms with Crippen molar-refractivity contribution in [2.45, 2.75) is 50.9 Å². The summed E-state index contributed by atoms with van der Waals surface area (Å²) in [7, 11) is 1.93. The summed E-state index contributed by atoms with van der Waals surface area (Å²) < 4.78 is 1.89. The van der Waals surface area contributed by atoms with Gasteiger partial charge in [0, 0.05) is 26.3 Å². The van der Waals surface area contributed by atoms with Crippen LogP contribution in [0.5, 0.6) is 0 Å². The van der Waals surface area contributed by atoms with Crippen molar-refractivity contribution in [3.8, 4) is 0 Å². The number of imidazole rings is 1. The Morgan fingerprint density at radius 2 is 2.15 bits per heavy atom. The standard InChI is InChI=1S/C23H28N3O/c1-25-16-22(24-17-25)15-23(27)26-12-10-19(11-13-26)21-9-5-8-20(14-21)18-6-3-2-4-7-18/h5-6,9,14,16-17,19H,2-4,7,10-13,15H2,1H3. The highest BCUT2D eigenvalue weighted by molar-refractivity contribution is 5.78. The predicted octanol–water partition coefficient (Wildman–Crippen LogP) is 4.13. The molecule has 2 aromatic rings. The van der Waals surface area contributed by atoms with Crippen LogP contribution in [-0.4, -0.2) is 33.4 Å². The maximum atomic E-state index is 12.5.